The number of aromatic nitrogens is 4. The number of sulfonamides is 1. The number of carbonyl (C=O) groups is 1. The molecule has 1 N–H and O–H groups in total. The van der Waals surface area contributed by atoms with Crippen LogP contribution in [0.2, 0.25) is 0 Å². The third-order valence-electron chi connectivity index (χ3n) is 3.76. The fourth-order valence-electron chi connectivity index (χ4n) is 2.35. The molecule has 3 rings (SSSR count). The first-order chi connectivity index (χ1) is 12.7. The van der Waals surface area contributed by atoms with Gasteiger partial charge < -0.3 is 4.42 Å². The molecule has 0 saturated carbocycles. The highest BCUT2D eigenvalue weighted by atomic mass is 32.2. The van der Waals surface area contributed by atoms with Gasteiger partial charge in [0.25, 0.3) is 11.8 Å². The molecule has 0 saturated heterocycles. The van der Waals surface area contributed by atoms with Gasteiger partial charge in [-0.2, -0.15) is 5.10 Å². The van der Waals surface area contributed by atoms with Crippen LogP contribution in [-0.4, -0.2) is 52.7 Å². The maximum Gasteiger partial charge on any atom is 0.322 e. The van der Waals surface area contributed by atoms with Gasteiger partial charge in [-0.3, -0.25) is 14.8 Å². The minimum atomic E-state index is -3.56. The van der Waals surface area contributed by atoms with Crippen molar-refractivity contribution in [2.75, 3.05) is 19.4 Å². The lowest BCUT2D eigenvalue weighted by atomic mass is 10.2. The van der Waals surface area contributed by atoms with Gasteiger partial charge in [0.05, 0.1) is 10.6 Å². The number of aryl methyl sites for hydroxylation is 2. The number of anilines is 1. The molecule has 1 aromatic carbocycles. The van der Waals surface area contributed by atoms with E-state index >= 15 is 0 Å². The molecule has 0 atom stereocenters. The van der Waals surface area contributed by atoms with Crippen LogP contribution in [0.3, 0.4) is 0 Å². The maximum absolute atomic E-state index is 12.3. The zero-order chi connectivity index (χ0) is 19.8. The van der Waals surface area contributed by atoms with Gasteiger partial charge in [-0.25, -0.2) is 12.7 Å². The molecular weight excluding hydrogens is 372 g/mol. The Balaban J connectivity index is 1.76. The van der Waals surface area contributed by atoms with E-state index in [1.807, 2.05) is 6.92 Å². The maximum atomic E-state index is 12.3. The minimum Gasteiger partial charge on any atom is -0.401 e. The molecule has 11 heteroatoms. The molecular formula is C16H18N6O4S. The summed E-state index contributed by atoms with van der Waals surface area (Å²) in [4.78, 5) is 12.4. The second kappa shape index (κ2) is 6.93. The van der Waals surface area contributed by atoms with Crippen molar-refractivity contribution in [3.63, 3.8) is 0 Å². The van der Waals surface area contributed by atoms with E-state index in [-0.39, 0.29) is 22.4 Å². The van der Waals surface area contributed by atoms with Crippen LogP contribution >= 0.6 is 0 Å². The van der Waals surface area contributed by atoms with Crippen LogP contribution in [0.4, 0.5) is 6.01 Å². The molecule has 0 spiro atoms. The summed E-state index contributed by atoms with van der Waals surface area (Å²) >= 11 is 0. The first-order valence-corrected chi connectivity index (χ1v) is 9.31. The fraction of sp³-hybridized carbons (Fsp3) is 0.250. The monoisotopic (exact) mass is 390 g/mol. The minimum absolute atomic E-state index is 0.0705. The summed E-state index contributed by atoms with van der Waals surface area (Å²) in [6.07, 6.45) is 0. The van der Waals surface area contributed by atoms with E-state index in [1.165, 1.54) is 38.4 Å². The molecule has 0 aliphatic rings. The summed E-state index contributed by atoms with van der Waals surface area (Å²) in [5, 5.41) is 14.4. The summed E-state index contributed by atoms with van der Waals surface area (Å²) in [6, 6.07) is 7.26. The fourth-order valence-corrected chi connectivity index (χ4v) is 3.25. The second-order valence-corrected chi connectivity index (χ2v) is 8.12. The molecule has 0 fully saturated rings. The van der Waals surface area contributed by atoms with E-state index in [1.54, 1.807) is 17.8 Å². The SMILES string of the molecule is Cc1cc(-c2nnc(NC(=O)c3ccc(S(=O)(=O)N(C)C)cc3)o2)n(C)n1. The van der Waals surface area contributed by atoms with Gasteiger partial charge in [0.15, 0.2) is 0 Å². The molecule has 2 aromatic heterocycles. The Bertz CT molecular complexity index is 1080. The molecule has 0 aliphatic carbocycles. The van der Waals surface area contributed by atoms with E-state index in [0.29, 0.717) is 5.69 Å². The molecule has 142 valence electrons. The molecule has 1 amide bonds. The topological polar surface area (TPSA) is 123 Å². The quantitative estimate of drug-likeness (QED) is 0.696. The molecule has 2 heterocycles. The Hall–Kier alpha value is -3.05. The molecule has 3 aromatic rings. The van der Waals surface area contributed by atoms with Crippen molar-refractivity contribution in [3.8, 4) is 11.6 Å². The van der Waals surface area contributed by atoms with Gasteiger partial charge in [-0.15, -0.1) is 5.10 Å². The Labute approximate surface area is 155 Å². The van der Waals surface area contributed by atoms with Gasteiger partial charge in [0, 0.05) is 26.7 Å². The van der Waals surface area contributed by atoms with Gasteiger partial charge in [0.1, 0.15) is 5.69 Å². The number of rotatable bonds is 5. The van der Waals surface area contributed by atoms with Crippen molar-refractivity contribution in [1.82, 2.24) is 24.3 Å². The number of benzene rings is 1. The van der Waals surface area contributed by atoms with Crippen LogP contribution in [-0.2, 0) is 17.1 Å². The smallest absolute Gasteiger partial charge is 0.322 e. The van der Waals surface area contributed by atoms with Crippen molar-refractivity contribution in [2.24, 2.45) is 7.05 Å². The molecule has 0 radical (unpaired) electrons. The standard InChI is InChI=1S/C16H18N6O4S/c1-10-9-13(22(4)20-10)15-18-19-16(26-15)17-14(23)11-5-7-12(8-6-11)27(24,25)21(2)3/h5-9H,1-4H3,(H,17,19,23). The molecule has 10 nitrogen and oxygen atoms in total. The lowest BCUT2D eigenvalue weighted by Crippen LogP contribution is -2.22. The normalized spacial score (nSPS) is 11.7. The second-order valence-electron chi connectivity index (χ2n) is 5.97. The van der Waals surface area contributed by atoms with Crippen molar-refractivity contribution < 1.29 is 17.6 Å². The molecule has 0 bridgehead atoms. The summed E-state index contributed by atoms with van der Waals surface area (Å²) in [6.45, 7) is 1.84. The predicted octanol–water partition coefficient (Wildman–Crippen LogP) is 1.28. The van der Waals surface area contributed by atoms with Crippen LogP contribution in [0, 0.1) is 6.92 Å². The van der Waals surface area contributed by atoms with E-state index in [9.17, 15) is 13.2 Å². The highest BCUT2D eigenvalue weighted by molar-refractivity contribution is 7.89. The summed E-state index contributed by atoms with van der Waals surface area (Å²) in [5.74, 6) is -0.277. The highest BCUT2D eigenvalue weighted by Crippen LogP contribution is 2.21. The molecule has 27 heavy (non-hydrogen) atoms. The van der Waals surface area contributed by atoms with Crippen LogP contribution in [0.5, 0.6) is 0 Å². The van der Waals surface area contributed by atoms with Crippen molar-refractivity contribution in [2.45, 2.75) is 11.8 Å². The van der Waals surface area contributed by atoms with E-state index in [2.05, 4.69) is 20.6 Å². The predicted molar refractivity (Wildman–Crippen MR) is 96.5 cm³/mol. The highest BCUT2D eigenvalue weighted by Gasteiger charge is 2.19. The number of nitrogens with one attached hydrogen (secondary N) is 1. The Morgan fingerprint density at radius 2 is 1.85 bits per heavy atom. The number of hydrogen-bond donors (Lipinski definition) is 1. The Kier molecular flexibility index (Phi) is 4.81. The zero-order valence-corrected chi connectivity index (χ0v) is 16.0. The van der Waals surface area contributed by atoms with Crippen molar-refractivity contribution in [1.29, 1.82) is 0 Å². The number of hydrogen-bond acceptors (Lipinski definition) is 7. The van der Waals surface area contributed by atoms with E-state index < -0.39 is 15.9 Å². The lowest BCUT2D eigenvalue weighted by Gasteiger charge is -2.11. The zero-order valence-electron chi connectivity index (χ0n) is 15.2. The van der Waals surface area contributed by atoms with Crippen molar-refractivity contribution >= 4 is 21.9 Å². The summed E-state index contributed by atoms with van der Waals surface area (Å²) in [5.41, 5.74) is 1.67. The number of carbonyl (C=O) groups excluding carboxylic acids is 1. The van der Waals surface area contributed by atoms with Crippen LogP contribution in [0.1, 0.15) is 16.1 Å². The largest absolute Gasteiger partial charge is 0.401 e. The van der Waals surface area contributed by atoms with Gasteiger partial charge in [-0.05, 0) is 37.3 Å². The van der Waals surface area contributed by atoms with Gasteiger partial charge >= 0.3 is 6.01 Å². The third-order valence-corrected chi connectivity index (χ3v) is 5.59. The van der Waals surface area contributed by atoms with Crippen LogP contribution < -0.4 is 5.32 Å². The van der Waals surface area contributed by atoms with E-state index in [4.69, 9.17) is 4.42 Å². The third kappa shape index (κ3) is 3.73. The van der Waals surface area contributed by atoms with Gasteiger partial charge in [-0.1, -0.05) is 5.10 Å². The molecule has 0 unspecified atom stereocenters. The average Bonchev–Trinajstić information content (AvgIpc) is 3.20. The van der Waals surface area contributed by atoms with E-state index in [0.717, 1.165) is 10.00 Å². The lowest BCUT2D eigenvalue weighted by molar-refractivity contribution is 0.102. The van der Waals surface area contributed by atoms with Gasteiger partial charge in [0.2, 0.25) is 10.0 Å². The summed E-state index contributed by atoms with van der Waals surface area (Å²) in [7, 11) is 1.06. The molecule has 0 aliphatic heterocycles. The number of amides is 1. The first kappa shape index (κ1) is 18.7. The van der Waals surface area contributed by atoms with Crippen molar-refractivity contribution in [3.05, 3.63) is 41.6 Å². The Morgan fingerprint density at radius 3 is 2.41 bits per heavy atom. The summed E-state index contributed by atoms with van der Waals surface area (Å²) < 4.78 is 32.3. The van der Waals surface area contributed by atoms with Crippen LogP contribution in [0.15, 0.2) is 39.6 Å². The van der Waals surface area contributed by atoms with Crippen LogP contribution in [0.25, 0.3) is 11.6 Å². The Morgan fingerprint density at radius 1 is 1.19 bits per heavy atom. The first-order valence-electron chi connectivity index (χ1n) is 7.87. The average molecular weight is 390 g/mol. The number of nitrogens with zero attached hydrogens (tertiary/aromatic N) is 5.